The largest absolute Gasteiger partial charge is 0.492 e. The van der Waals surface area contributed by atoms with Crippen LogP contribution < -0.4 is 10.1 Å². The van der Waals surface area contributed by atoms with E-state index >= 15 is 0 Å². The number of fused-ring (bicyclic) bond motifs is 1. The molecular formula is C28H34F3N5O4S. The number of benzene rings is 1. The number of anilines is 2. The van der Waals surface area contributed by atoms with Crippen LogP contribution in [0.25, 0.3) is 11.5 Å². The van der Waals surface area contributed by atoms with Crippen LogP contribution >= 0.6 is 0 Å². The second kappa shape index (κ2) is 11.6. The minimum atomic E-state index is -4.72. The van der Waals surface area contributed by atoms with E-state index in [1.807, 2.05) is 0 Å². The molecule has 4 heterocycles. The van der Waals surface area contributed by atoms with Gasteiger partial charge in [0.1, 0.15) is 29.4 Å². The number of nitrogens with one attached hydrogen (secondary N) is 1. The standard InChI is InChI=1S/C28H34F3N5O4S/c1-18-12-19(2)16-35(15-18)10-11-39-22-6-4-21(5-7-22)33-27-32-14-23(28(29,30)31)26(34-27)25-13-20-17-36(41(3,37)38)9-8-24(20)40-25/h4-7,13-14,18-19H,8-12,15-17H2,1-3H3,(H,32,33,34). The Morgan fingerprint density at radius 2 is 1.85 bits per heavy atom. The molecule has 1 aromatic carbocycles. The molecule has 41 heavy (non-hydrogen) atoms. The lowest BCUT2D eigenvalue weighted by molar-refractivity contribution is -0.137. The predicted octanol–water partition coefficient (Wildman–Crippen LogP) is 5.17. The highest BCUT2D eigenvalue weighted by Gasteiger charge is 2.37. The third-order valence-electron chi connectivity index (χ3n) is 7.36. The summed E-state index contributed by atoms with van der Waals surface area (Å²) in [5.74, 6) is 2.36. The third-order valence-corrected chi connectivity index (χ3v) is 8.61. The van der Waals surface area contributed by atoms with Gasteiger partial charge >= 0.3 is 6.18 Å². The number of hydrogen-bond donors (Lipinski definition) is 1. The number of ether oxygens (including phenoxy) is 1. The Labute approximate surface area is 237 Å². The number of alkyl halides is 3. The zero-order chi connectivity index (χ0) is 29.4. The summed E-state index contributed by atoms with van der Waals surface area (Å²) >= 11 is 0. The van der Waals surface area contributed by atoms with Crippen molar-refractivity contribution in [3.63, 3.8) is 0 Å². The van der Waals surface area contributed by atoms with Crippen molar-refractivity contribution in [2.24, 2.45) is 11.8 Å². The van der Waals surface area contributed by atoms with Gasteiger partial charge in [0.05, 0.1) is 6.26 Å². The first-order chi connectivity index (χ1) is 19.3. The lowest BCUT2D eigenvalue weighted by Gasteiger charge is -2.34. The van der Waals surface area contributed by atoms with Gasteiger partial charge in [-0.05, 0) is 48.6 Å². The molecule has 0 amide bonds. The molecule has 222 valence electrons. The highest BCUT2D eigenvalue weighted by atomic mass is 32.2. The van der Waals surface area contributed by atoms with E-state index in [4.69, 9.17) is 9.15 Å². The molecule has 3 aromatic rings. The van der Waals surface area contributed by atoms with E-state index < -0.39 is 27.5 Å². The molecule has 2 unspecified atom stereocenters. The Balaban J connectivity index is 1.28. The molecule has 9 nitrogen and oxygen atoms in total. The van der Waals surface area contributed by atoms with E-state index in [1.165, 1.54) is 16.8 Å². The van der Waals surface area contributed by atoms with Crippen molar-refractivity contribution in [1.29, 1.82) is 0 Å². The molecule has 2 aliphatic heterocycles. The van der Waals surface area contributed by atoms with Gasteiger partial charge in [0, 0.05) is 56.6 Å². The minimum Gasteiger partial charge on any atom is -0.492 e. The third kappa shape index (κ3) is 7.19. The molecule has 0 bridgehead atoms. The summed E-state index contributed by atoms with van der Waals surface area (Å²) in [6, 6.07) is 8.47. The average molecular weight is 594 g/mol. The van der Waals surface area contributed by atoms with Crippen LogP contribution in [0.2, 0.25) is 0 Å². The number of rotatable bonds is 8. The van der Waals surface area contributed by atoms with Crippen LogP contribution in [0.5, 0.6) is 5.75 Å². The summed E-state index contributed by atoms with van der Waals surface area (Å²) in [4.78, 5) is 10.4. The Morgan fingerprint density at radius 1 is 1.15 bits per heavy atom. The molecule has 2 aromatic heterocycles. The van der Waals surface area contributed by atoms with Crippen LogP contribution in [0.3, 0.4) is 0 Å². The predicted molar refractivity (Wildman–Crippen MR) is 148 cm³/mol. The molecule has 0 spiro atoms. The van der Waals surface area contributed by atoms with Gasteiger partial charge in [-0.2, -0.15) is 17.5 Å². The van der Waals surface area contributed by atoms with E-state index in [0.717, 1.165) is 32.1 Å². The number of halogens is 3. The van der Waals surface area contributed by atoms with Crippen LogP contribution in [-0.2, 0) is 29.2 Å². The highest BCUT2D eigenvalue weighted by molar-refractivity contribution is 7.88. The number of nitrogens with zero attached hydrogens (tertiary/aromatic N) is 4. The number of hydrogen-bond acceptors (Lipinski definition) is 8. The smallest absolute Gasteiger partial charge is 0.420 e. The van der Waals surface area contributed by atoms with E-state index in [2.05, 4.69) is 34.0 Å². The van der Waals surface area contributed by atoms with Crippen molar-refractivity contribution < 1.29 is 30.7 Å². The summed E-state index contributed by atoms with van der Waals surface area (Å²) in [5, 5.41) is 2.94. The summed E-state index contributed by atoms with van der Waals surface area (Å²) in [7, 11) is -3.45. The van der Waals surface area contributed by atoms with Crippen molar-refractivity contribution in [3.05, 3.63) is 53.4 Å². The van der Waals surface area contributed by atoms with E-state index in [-0.39, 0.29) is 31.2 Å². The molecule has 0 saturated carbocycles. The van der Waals surface area contributed by atoms with Gasteiger partial charge < -0.3 is 14.5 Å². The summed E-state index contributed by atoms with van der Waals surface area (Å²) < 4.78 is 78.3. The lowest BCUT2D eigenvalue weighted by Crippen LogP contribution is -2.40. The minimum absolute atomic E-state index is 0.0277. The zero-order valence-electron chi connectivity index (χ0n) is 23.2. The molecule has 0 aliphatic carbocycles. The second-order valence-electron chi connectivity index (χ2n) is 11.1. The van der Waals surface area contributed by atoms with Crippen LogP contribution in [0, 0.1) is 11.8 Å². The fourth-order valence-corrected chi connectivity index (χ4v) is 6.37. The lowest BCUT2D eigenvalue weighted by atomic mass is 9.92. The normalized spacial score (nSPS) is 20.5. The number of furan rings is 1. The van der Waals surface area contributed by atoms with Gasteiger partial charge in [-0.1, -0.05) is 13.8 Å². The van der Waals surface area contributed by atoms with Gasteiger partial charge in [0.2, 0.25) is 16.0 Å². The van der Waals surface area contributed by atoms with Gasteiger partial charge in [-0.15, -0.1) is 0 Å². The molecule has 0 radical (unpaired) electrons. The van der Waals surface area contributed by atoms with Crippen molar-refractivity contribution in [1.82, 2.24) is 19.2 Å². The molecule has 13 heteroatoms. The quantitative estimate of drug-likeness (QED) is 0.382. The van der Waals surface area contributed by atoms with E-state index in [0.29, 0.717) is 41.2 Å². The molecular weight excluding hydrogens is 559 g/mol. The fraction of sp³-hybridized carbons (Fsp3) is 0.500. The first-order valence-electron chi connectivity index (χ1n) is 13.6. The first-order valence-corrected chi connectivity index (χ1v) is 15.4. The molecule has 2 aliphatic rings. The van der Waals surface area contributed by atoms with Crippen LogP contribution in [-0.4, -0.2) is 66.6 Å². The summed E-state index contributed by atoms with van der Waals surface area (Å²) in [6.07, 6.45) is -1.40. The maximum atomic E-state index is 13.9. The summed E-state index contributed by atoms with van der Waals surface area (Å²) in [6.45, 7) is 8.32. The maximum absolute atomic E-state index is 13.9. The monoisotopic (exact) mass is 593 g/mol. The Bertz CT molecular complexity index is 1470. The number of piperidine rings is 1. The van der Waals surface area contributed by atoms with E-state index in [1.54, 1.807) is 24.3 Å². The van der Waals surface area contributed by atoms with Crippen LogP contribution in [0.15, 0.2) is 40.9 Å². The van der Waals surface area contributed by atoms with Crippen molar-refractivity contribution in [2.45, 2.75) is 39.4 Å². The maximum Gasteiger partial charge on any atom is 0.420 e. The van der Waals surface area contributed by atoms with E-state index in [9.17, 15) is 21.6 Å². The van der Waals surface area contributed by atoms with Gasteiger partial charge in [0.15, 0.2) is 5.76 Å². The van der Waals surface area contributed by atoms with Crippen molar-refractivity contribution in [3.8, 4) is 17.2 Å². The zero-order valence-corrected chi connectivity index (χ0v) is 24.1. The Morgan fingerprint density at radius 3 is 2.51 bits per heavy atom. The topological polar surface area (TPSA) is 101 Å². The summed E-state index contributed by atoms with van der Waals surface area (Å²) in [5.41, 5.74) is -0.381. The van der Waals surface area contributed by atoms with Crippen LogP contribution in [0.4, 0.5) is 24.8 Å². The average Bonchev–Trinajstić information content (AvgIpc) is 3.32. The van der Waals surface area contributed by atoms with Gasteiger partial charge in [0.25, 0.3) is 0 Å². The number of sulfonamides is 1. The Kier molecular flexibility index (Phi) is 8.31. The molecule has 2 atom stereocenters. The number of likely N-dealkylation sites (tertiary alicyclic amines) is 1. The number of aromatic nitrogens is 2. The fourth-order valence-electron chi connectivity index (χ4n) is 5.58. The van der Waals surface area contributed by atoms with Gasteiger partial charge in [-0.3, -0.25) is 4.90 Å². The first kappa shape index (κ1) is 29.3. The van der Waals surface area contributed by atoms with Crippen LogP contribution in [0.1, 0.15) is 37.2 Å². The SMILES string of the molecule is CC1CC(C)CN(CCOc2ccc(Nc3ncc(C(F)(F)F)c(-c4cc5c(o4)CCN(S(C)(=O)=O)C5)n3)cc2)C1. The molecule has 1 saturated heterocycles. The van der Waals surface area contributed by atoms with Crippen molar-refractivity contribution >= 4 is 21.7 Å². The molecule has 1 N–H and O–H groups in total. The second-order valence-corrected chi connectivity index (χ2v) is 13.0. The van der Waals surface area contributed by atoms with Crippen molar-refractivity contribution in [2.75, 3.05) is 44.4 Å². The molecule has 1 fully saturated rings. The van der Waals surface area contributed by atoms with Gasteiger partial charge in [-0.25, -0.2) is 18.4 Å². The highest BCUT2D eigenvalue weighted by Crippen LogP contribution is 2.38. The Hall–Kier alpha value is -3.16. The molecule has 5 rings (SSSR count).